The smallest absolute Gasteiger partial charge is 0.407 e. The van der Waals surface area contributed by atoms with Gasteiger partial charge in [0.1, 0.15) is 0 Å². The third-order valence-electron chi connectivity index (χ3n) is 1.70. The summed E-state index contributed by atoms with van der Waals surface area (Å²) < 4.78 is 0. The van der Waals surface area contributed by atoms with Crippen LogP contribution < -0.4 is 0 Å². The van der Waals surface area contributed by atoms with Crippen molar-refractivity contribution in [3.63, 3.8) is 0 Å². The summed E-state index contributed by atoms with van der Waals surface area (Å²) in [5.41, 5.74) is 0.156. The Balaban J connectivity index is 2.65. The van der Waals surface area contributed by atoms with E-state index in [4.69, 9.17) is 10.2 Å². The van der Waals surface area contributed by atoms with Crippen molar-refractivity contribution in [2.45, 2.75) is 6.42 Å². The zero-order valence-electron chi connectivity index (χ0n) is 6.36. The average Bonchev–Trinajstić information content (AvgIpc) is 2.04. The van der Waals surface area contributed by atoms with Gasteiger partial charge in [-0.05, 0) is 6.42 Å². The van der Waals surface area contributed by atoms with Crippen LogP contribution >= 0.6 is 0 Å². The molecular weight excluding hydrogens is 162 g/mol. The molecule has 0 atom stereocenters. The van der Waals surface area contributed by atoms with Crippen molar-refractivity contribution >= 4 is 12.1 Å². The molecule has 1 aliphatic heterocycles. The highest BCUT2D eigenvalue weighted by molar-refractivity contribution is 5.88. The number of carboxylic acids is 1. The molecule has 0 fully saturated rings. The largest absolute Gasteiger partial charge is 0.478 e. The van der Waals surface area contributed by atoms with Gasteiger partial charge in [-0.15, -0.1) is 0 Å². The fourth-order valence-electron chi connectivity index (χ4n) is 1.06. The summed E-state index contributed by atoms with van der Waals surface area (Å²) in [6, 6.07) is 0. The minimum Gasteiger partial charge on any atom is -0.478 e. The number of rotatable bonds is 1. The van der Waals surface area contributed by atoms with Crippen molar-refractivity contribution in [1.82, 2.24) is 4.90 Å². The van der Waals surface area contributed by atoms with Gasteiger partial charge >= 0.3 is 12.1 Å². The van der Waals surface area contributed by atoms with E-state index in [1.54, 1.807) is 6.08 Å². The lowest BCUT2D eigenvalue weighted by molar-refractivity contribution is -0.133. The van der Waals surface area contributed by atoms with Gasteiger partial charge in [-0.25, -0.2) is 9.59 Å². The van der Waals surface area contributed by atoms with Crippen LogP contribution in [0.25, 0.3) is 0 Å². The van der Waals surface area contributed by atoms with E-state index in [1.807, 2.05) is 0 Å². The topological polar surface area (TPSA) is 77.8 Å². The summed E-state index contributed by atoms with van der Waals surface area (Å²) in [4.78, 5) is 21.9. The molecule has 0 radical (unpaired) electrons. The van der Waals surface area contributed by atoms with Crippen LogP contribution in [-0.4, -0.2) is 40.3 Å². The Morgan fingerprint density at radius 3 is 2.58 bits per heavy atom. The molecule has 1 rings (SSSR count). The lowest BCUT2D eigenvalue weighted by atomic mass is 10.1. The molecule has 0 aromatic heterocycles. The highest BCUT2D eigenvalue weighted by atomic mass is 16.4. The van der Waals surface area contributed by atoms with Gasteiger partial charge in [-0.2, -0.15) is 0 Å². The van der Waals surface area contributed by atoms with Crippen molar-refractivity contribution in [2.75, 3.05) is 13.1 Å². The van der Waals surface area contributed by atoms with Gasteiger partial charge in [0.05, 0.1) is 12.1 Å². The number of aliphatic carboxylic acids is 1. The van der Waals surface area contributed by atoms with Crippen LogP contribution in [0.2, 0.25) is 0 Å². The first-order chi connectivity index (χ1) is 5.61. The van der Waals surface area contributed by atoms with E-state index < -0.39 is 12.1 Å². The first kappa shape index (κ1) is 8.58. The van der Waals surface area contributed by atoms with Crippen LogP contribution in [0.15, 0.2) is 11.6 Å². The lowest BCUT2D eigenvalue weighted by Gasteiger charge is -2.22. The quantitative estimate of drug-likeness (QED) is 0.597. The van der Waals surface area contributed by atoms with Crippen LogP contribution in [-0.2, 0) is 4.79 Å². The predicted octanol–water partition coefficient (Wildman–Crippen LogP) is 0.381. The van der Waals surface area contributed by atoms with E-state index in [-0.39, 0.29) is 12.1 Å². The van der Waals surface area contributed by atoms with Crippen LogP contribution in [0.1, 0.15) is 6.42 Å². The van der Waals surface area contributed by atoms with Gasteiger partial charge < -0.3 is 15.1 Å². The van der Waals surface area contributed by atoms with Crippen LogP contribution in [0.4, 0.5) is 4.79 Å². The Hall–Kier alpha value is -1.52. The monoisotopic (exact) mass is 171 g/mol. The second-order valence-corrected chi connectivity index (χ2v) is 2.53. The molecule has 0 spiro atoms. The maximum absolute atomic E-state index is 10.4. The Kier molecular flexibility index (Phi) is 2.32. The molecule has 2 N–H and O–H groups in total. The molecule has 0 unspecified atom stereocenters. The van der Waals surface area contributed by atoms with Gasteiger partial charge in [-0.3, -0.25) is 0 Å². The van der Waals surface area contributed by atoms with Gasteiger partial charge in [-0.1, -0.05) is 6.08 Å². The molecule has 5 heteroatoms. The first-order valence-corrected chi connectivity index (χ1v) is 3.51. The van der Waals surface area contributed by atoms with Crippen LogP contribution in [0.5, 0.6) is 0 Å². The molecule has 0 saturated carbocycles. The van der Waals surface area contributed by atoms with Gasteiger partial charge in [0.15, 0.2) is 0 Å². The van der Waals surface area contributed by atoms with E-state index in [0.717, 1.165) is 4.90 Å². The summed E-state index contributed by atoms with van der Waals surface area (Å²) in [5.74, 6) is -1.04. The Morgan fingerprint density at radius 1 is 1.42 bits per heavy atom. The van der Waals surface area contributed by atoms with Gasteiger partial charge in [0.25, 0.3) is 0 Å². The summed E-state index contributed by atoms with van der Waals surface area (Å²) in [5, 5.41) is 17.1. The second-order valence-electron chi connectivity index (χ2n) is 2.53. The van der Waals surface area contributed by atoms with E-state index >= 15 is 0 Å². The van der Waals surface area contributed by atoms with Crippen LogP contribution in [0.3, 0.4) is 0 Å². The summed E-state index contributed by atoms with van der Waals surface area (Å²) in [6.07, 6.45) is 0.970. The maximum Gasteiger partial charge on any atom is 0.407 e. The number of hydrogen-bond donors (Lipinski definition) is 2. The number of carbonyl (C=O) groups is 2. The molecule has 1 aliphatic rings. The predicted molar refractivity (Wildman–Crippen MR) is 39.9 cm³/mol. The first-order valence-electron chi connectivity index (χ1n) is 3.51. The standard InChI is InChI=1S/C7H9NO4/c9-6(10)5-2-1-3-8(4-5)7(11)12/h2H,1,3-4H2,(H,9,10)(H,11,12). The fourth-order valence-corrected chi connectivity index (χ4v) is 1.06. The Labute approximate surface area is 68.9 Å². The number of hydrogen-bond acceptors (Lipinski definition) is 2. The summed E-state index contributed by atoms with van der Waals surface area (Å²) >= 11 is 0. The van der Waals surface area contributed by atoms with E-state index in [2.05, 4.69) is 0 Å². The molecule has 0 bridgehead atoms. The molecule has 0 aromatic rings. The molecule has 66 valence electrons. The maximum atomic E-state index is 10.4. The van der Waals surface area contributed by atoms with Crippen molar-refractivity contribution in [3.05, 3.63) is 11.6 Å². The second kappa shape index (κ2) is 3.25. The van der Waals surface area contributed by atoms with E-state index in [0.29, 0.717) is 13.0 Å². The molecule has 0 aromatic carbocycles. The van der Waals surface area contributed by atoms with Gasteiger partial charge in [0.2, 0.25) is 0 Å². The number of amides is 1. The van der Waals surface area contributed by atoms with Crippen molar-refractivity contribution < 1.29 is 19.8 Å². The number of nitrogens with zero attached hydrogens (tertiary/aromatic N) is 1. The van der Waals surface area contributed by atoms with Gasteiger partial charge in [0, 0.05) is 6.54 Å². The lowest BCUT2D eigenvalue weighted by Crippen LogP contribution is -2.36. The zero-order valence-corrected chi connectivity index (χ0v) is 6.36. The molecule has 5 nitrogen and oxygen atoms in total. The number of carboxylic acid groups (broad SMARTS) is 2. The summed E-state index contributed by atoms with van der Waals surface area (Å²) in [7, 11) is 0. The molecule has 12 heavy (non-hydrogen) atoms. The molecule has 0 aliphatic carbocycles. The fraction of sp³-hybridized carbons (Fsp3) is 0.429. The molecule has 1 amide bonds. The minimum absolute atomic E-state index is 0.00926. The average molecular weight is 171 g/mol. The van der Waals surface area contributed by atoms with Crippen LogP contribution in [0, 0.1) is 0 Å². The highest BCUT2D eigenvalue weighted by Gasteiger charge is 2.20. The normalized spacial score (nSPS) is 17.0. The molecule has 0 saturated heterocycles. The third kappa shape index (κ3) is 1.75. The minimum atomic E-state index is -1.07. The third-order valence-corrected chi connectivity index (χ3v) is 1.70. The zero-order chi connectivity index (χ0) is 9.14. The van der Waals surface area contributed by atoms with Crippen molar-refractivity contribution in [2.24, 2.45) is 0 Å². The molecule has 1 heterocycles. The van der Waals surface area contributed by atoms with Crippen molar-refractivity contribution in [1.29, 1.82) is 0 Å². The van der Waals surface area contributed by atoms with E-state index in [1.165, 1.54) is 0 Å². The Bertz CT molecular complexity index is 246. The van der Waals surface area contributed by atoms with Crippen molar-refractivity contribution in [3.8, 4) is 0 Å². The highest BCUT2D eigenvalue weighted by Crippen LogP contribution is 2.09. The Morgan fingerprint density at radius 2 is 2.08 bits per heavy atom. The molecular formula is C7H9NO4. The van der Waals surface area contributed by atoms with E-state index in [9.17, 15) is 9.59 Å². The SMILES string of the molecule is O=C(O)C1=CCCN(C(=O)O)C1. The summed E-state index contributed by atoms with van der Waals surface area (Å²) in [6.45, 7) is 0.372.